The van der Waals surface area contributed by atoms with Crippen LogP contribution >= 0.6 is 0 Å². The van der Waals surface area contributed by atoms with Crippen LogP contribution in [0.1, 0.15) is 11.1 Å². The zero-order chi connectivity index (χ0) is 18.6. The first-order valence-corrected chi connectivity index (χ1v) is 6.63. The van der Waals surface area contributed by atoms with E-state index in [1.807, 2.05) is 0 Å². The highest BCUT2D eigenvalue weighted by atomic mass is 16.1. The number of carbonyl (C=O) groups is 1. The summed E-state index contributed by atoms with van der Waals surface area (Å²) >= 11 is 0. The molecule has 0 spiro atoms. The molecule has 0 heterocycles. The Hall–Kier alpha value is -3.59. The minimum absolute atomic E-state index is 0.481. The van der Waals surface area contributed by atoms with Crippen LogP contribution in [0.15, 0.2) is 73.3 Å². The summed E-state index contributed by atoms with van der Waals surface area (Å²) in [6.45, 7) is 3.09. The molecule has 1 amide bonds. The van der Waals surface area contributed by atoms with Crippen molar-refractivity contribution in [1.82, 2.24) is 0 Å². The van der Waals surface area contributed by atoms with Crippen LogP contribution in [-0.4, -0.2) is 18.1 Å². The number of nitrogens with one attached hydrogen (secondary N) is 2. The Morgan fingerprint density at radius 2 is 1.17 bits per heavy atom. The van der Waals surface area contributed by atoms with E-state index in [-0.39, 0.29) is 0 Å². The van der Waals surface area contributed by atoms with E-state index < -0.39 is 5.91 Å². The van der Waals surface area contributed by atoms with Crippen LogP contribution < -0.4 is 5.73 Å². The summed E-state index contributed by atoms with van der Waals surface area (Å²) in [5.74, 6) is -0.481. The zero-order valence-corrected chi connectivity index (χ0v) is 13.1. The largest absolute Gasteiger partial charge is 0.366 e. The molecular formula is C18H19N3O3. The van der Waals surface area contributed by atoms with Crippen molar-refractivity contribution in [3.8, 4) is 0 Å². The average Bonchev–Trinajstić information content (AvgIpc) is 2.59. The third-order valence-electron chi connectivity index (χ3n) is 2.30. The van der Waals surface area contributed by atoms with E-state index in [0.29, 0.717) is 0 Å². The van der Waals surface area contributed by atoms with E-state index in [1.165, 1.54) is 11.1 Å². The van der Waals surface area contributed by atoms with Gasteiger partial charge in [0.05, 0.1) is 0 Å². The lowest BCUT2D eigenvalue weighted by Crippen LogP contribution is -2.04. The summed E-state index contributed by atoms with van der Waals surface area (Å²) in [6, 6.07) is 21.1. The maximum atomic E-state index is 9.47. The number of amides is 1. The Kier molecular flexibility index (Phi) is 16.5. The molecule has 2 aromatic rings. The lowest BCUT2D eigenvalue weighted by atomic mass is 10.1. The first kappa shape index (κ1) is 22.7. The van der Waals surface area contributed by atoms with Crippen molar-refractivity contribution in [2.75, 3.05) is 0 Å². The lowest BCUT2D eigenvalue weighted by molar-refractivity contribution is -0.113. The van der Waals surface area contributed by atoms with Gasteiger partial charge in [-0.15, -0.1) is 0 Å². The van der Waals surface area contributed by atoms with Gasteiger partial charge in [0.25, 0.3) is 0 Å². The van der Waals surface area contributed by atoms with Crippen molar-refractivity contribution in [3.63, 3.8) is 0 Å². The van der Waals surface area contributed by atoms with Crippen molar-refractivity contribution in [2.45, 2.75) is 6.42 Å². The SMILES string of the molecule is C=CC(N)=O.N=C=O.N=C=O.c1ccc(Cc2ccccc2)cc1. The topological polar surface area (TPSA) is 125 Å². The predicted octanol–water partition coefficient (Wildman–Crippen LogP) is 2.74. The summed E-state index contributed by atoms with van der Waals surface area (Å²) < 4.78 is 0. The minimum atomic E-state index is -0.481. The van der Waals surface area contributed by atoms with Crippen LogP contribution in [0, 0.1) is 10.8 Å². The number of isocyanates is 2. The standard InChI is InChI=1S/C13H12.C3H5NO.2CHNO/c1-3-7-12(8-4-1)11-13-9-5-2-6-10-13;1-2-3(4)5;2*2-1-3/h1-10H,11H2;2H,1H2,(H2,4,5);2*2H. The highest BCUT2D eigenvalue weighted by molar-refractivity contribution is 5.84. The number of primary amides is 1. The lowest BCUT2D eigenvalue weighted by Gasteiger charge is -2.00. The molecule has 0 bridgehead atoms. The van der Waals surface area contributed by atoms with Gasteiger partial charge in [0.2, 0.25) is 18.1 Å². The number of nitrogens with two attached hydrogens (primary N) is 1. The van der Waals surface area contributed by atoms with Gasteiger partial charge in [-0.1, -0.05) is 67.2 Å². The molecule has 2 aromatic carbocycles. The van der Waals surface area contributed by atoms with E-state index in [9.17, 15) is 4.79 Å². The molecule has 0 aliphatic carbocycles. The highest BCUT2D eigenvalue weighted by Gasteiger charge is 1.92. The molecule has 2 rings (SSSR count). The van der Waals surface area contributed by atoms with Crippen molar-refractivity contribution >= 4 is 18.1 Å². The fourth-order valence-electron chi connectivity index (χ4n) is 1.43. The van der Waals surface area contributed by atoms with Gasteiger partial charge in [-0.25, -0.2) is 20.4 Å². The van der Waals surface area contributed by atoms with Gasteiger partial charge in [-0.05, 0) is 23.6 Å². The van der Waals surface area contributed by atoms with Crippen LogP contribution in [-0.2, 0) is 20.8 Å². The van der Waals surface area contributed by atoms with E-state index in [4.69, 9.17) is 20.4 Å². The molecule has 0 fully saturated rings. The van der Waals surface area contributed by atoms with Crippen LogP contribution in [0.4, 0.5) is 0 Å². The molecule has 0 saturated heterocycles. The Bertz CT molecular complexity index is 594. The molecular weight excluding hydrogens is 306 g/mol. The van der Waals surface area contributed by atoms with E-state index in [1.54, 1.807) is 0 Å². The Morgan fingerprint density at radius 1 is 0.917 bits per heavy atom. The maximum absolute atomic E-state index is 9.47. The summed E-state index contributed by atoms with van der Waals surface area (Å²) in [4.78, 5) is 26.2. The second kappa shape index (κ2) is 17.5. The zero-order valence-electron chi connectivity index (χ0n) is 13.1. The first-order valence-electron chi connectivity index (χ1n) is 6.63. The van der Waals surface area contributed by atoms with Gasteiger partial charge in [0.1, 0.15) is 0 Å². The van der Waals surface area contributed by atoms with Gasteiger partial charge < -0.3 is 5.73 Å². The summed E-state index contributed by atoms with van der Waals surface area (Å²) in [5.41, 5.74) is 7.27. The molecule has 6 heteroatoms. The van der Waals surface area contributed by atoms with Gasteiger partial charge >= 0.3 is 0 Å². The smallest absolute Gasteiger partial charge is 0.240 e. The van der Waals surface area contributed by atoms with Gasteiger partial charge in [0.15, 0.2) is 0 Å². The van der Waals surface area contributed by atoms with Crippen LogP contribution in [0.3, 0.4) is 0 Å². The Labute approximate surface area is 140 Å². The monoisotopic (exact) mass is 325 g/mol. The van der Waals surface area contributed by atoms with Crippen molar-refractivity contribution in [1.29, 1.82) is 10.8 Å². The second-order valence-electron chi connectivity index (χ2n) is 3.96. The number of carbonyl (C=O) groups excluding carboxylic acids is 3. The predicted molar refractivity (Wildman–Crippen MR) is 91.9 cm³/mol. The van der Waals surface area contributed by atoms with Gasteiger partial charge in [-0.3, -0.25) is 4.79 Å². The number of hydrogen-bond donors (Lipinski definition) is 3. The molecule has 0 aromatic heterocycles. The maximum Gasteiger partial charge on any atom is 0.240 e. The van der Waals surface area contributed by atoms with Crippen molar-refractivity contribution < 1.29 is 14.4 Å². The number of benzene rings is 2. The number of hydrogen-bond acceptors (Lipinski definition) is 5. The van der Waals surface area contributed by atoms with Gasteiger partial charge in [-0.2, -0.15) is 0 Å². The van der Waals surface area contributed by atoms with Crippen LogP contribution in [0.2, 0.25) is 0 Å². The average molecular weight is 325 g/mol. The molecule has 0 saturated carbocycles. The molecule has 0 aliphatic heterocycles. The Morgan fingerprint density at radius 3 is 1.38 bits per heavy atom. The van der Waals surface area contributed by atoms with Gasteiger partial charge in [0, 0.05) is 0 Å². The molecule has 124 valence electrons. The summed E-state index contributed by atoms with van der Waals surface area (Å²) in [6.07, 6.45) is 3.58. The third-order valence-corrected chi connectivity index (χ3v) is 2.30. The highest BCUT2D eigenvalue weighted by Crippen LogP contribution is 2.07. The Balaban J connectivity index is 0. The molecule has 0 radical (unpaired) electrons. The fourth-order valence-corrected chi connectivity index (χ4v) is 1.43. The molecule has 6 nitrogen and oxygen atoms in total. The summed E-state index contributed by atoms with van der Waals surface area (Å²) in [5, 5.41) is 10.8. The molecule has 0 unspecified atom stereocenters. The third kappa shape index (κ3) is 16.5. The number of rotatable bonds is 3. The van der Waals surface area contributed by atoms with Crippen LogP contribution in [0.5, 0.6) is 0 Å². The minimum Gasteiger partial charge on any atom is -0.366 e. The fraction of sp³-hybridized carbons (Fsp3) is 0.0556. The molecule has 4 N–H and O–H groups in total. The second-order valence-corrected chi connectivity index (χ2v) is 3.96. The molecule has 0 aliphatic rings. The summed E-state index contributed by atoms with van der Waals surface area (Å²) in [7, 11) is 0. The molecule has 24 heavy (non-hydrogen) atoms. The van der Waals surface area contributed by atoms with Crippen LogP contribution in [0.25, 0.3) is 0 Å². The van der Waals surface area contributed by atoms with Crippen molar-refractivity contribution in [2.24, 2.45) is 5.73 Å². The van der Waals surface area contributed by atoms with E-state index in [0.717, 1.165) is 24.7 Å². The molecule has 0 atom stereocenters. The van der Waals surface area contributed by atoms with Crippen molar-refractivity contribution in [3.05, 3.63) is 84.4 Å². The quantitative estimate of drug-likeness (QED) is 0.456. The van der Waals surface area contributed by atoms with E-state index >= 15 is 0 Å². The normalized spacial score (nSPS) is 7.33. The first-order chi connectivity index (χ1) is 11.5. The van der Waals surface area contributed by atoms with E-state index in [2.05, 4.69) is 73.0 Å².